The number of methoxy groups -OCH3 is 1. The van der Waals surface area contributed by atoms with Crippen molar-refractivity contribution in [1.29, 1.82) is 0 Å². The maximum absolute atomic E-state index is 4.90. The van der Waals surface area contributed by atoms with Gasteiger partial charge in [-0.15, -0.1) is 0 Å². The van der Waals surface area contributed by atoms with E-state index in [2.05, 4.69) is 17.2 Å². The fraction of sp³-hybridized carbons (Fsp3) is 0.800. The third kappa shape index (κ3) is 3.61. The first kappa shape index (κ1) is 7.43. The molecule has 0 amide bonds. The van der Waals surface area contributed by atoms with Gasteiger partial charge in [0.2, 0.25) is 0 Å². The zero-order chi connectivity index (χ0) is 6.41. The van der Waals surface area contributed by atoms with Gasteiger partial charge in [-0.1, -0.05) is 0 Å². The molecule has 3 nitrogen and oxygen atoms in total. The van der Waals surface area contributed by atoms with Gasteiger partial charge in [-0.2, -0.15) is 5.10 Å². The number of hydrogen-bond donors (Lipinski definition) is 1. The van der Waals surface area contributed by atoms with Gasteiger partial charge in [-0.05, 0) is 6.92 Å². The van der Waals surface area contributed by atoms with Crippen molar-refractivity contribution in [2.45, 2.75) is 13.0 Å². The molecular weight excluding hydrogens is 104 g/mol. The molecule has 0 bridgehead atoms. The Hall–Kier alpha value is -0.570. The van der Waals surface area contributed by atoms with E-state index in [4.69, 9.17) is 4.74 Å². The topological polar surface area (TPSA) is 33.6 Å². The van der Waals surface area contributed by atoms with E-state index in [0.29, 0.717) is 0 Å². The van der Waals surface area contributed by atoms with Crippen LogP contribution in [0.4, 0.5) is 0 Å². The molecule has 1 unspecified atom stereocenters. The van der Waals surface area contributed by atoms with Crippen LogP contribution in [0.1, 0.15) is 6.92 Å². The van der Waals surface area contributed by atoms with Crippen molar-refractivity contribution < 1.29 is 4.74 Å². The van der Waals surface area contributed by atoms with Gasteiger partial charge < -0.3 is 10.2 Å². The van der Waals surface area contributed by atoms with Gasteiger partial charge in [-0.25, -0.2) is 0 Å². The van der Waals surface area contributed by atoms with E-state index in [1.165, 1.54) is 0 Å². The van der Waals surface area contributed by atoms with Crippen LogP contribution < -0.4 is 5.43 Å². The maximum atomic E-state index is 4.90. The number of ether oxygens (including phenoxy) is 1. The molecule has 0 radical (unpaired) electrons. The summed E-state index contributed by atoms with van der Waals surface area (Å²) in [5.41, 5.74) is 2.69. The summed E-state index contributed by atoms with van der Waals surface area (Å²) in [6.45, 7) is 5.93. The van der Waals surface area contributed by atoms with Crippen LogP contribution in [0.3, 0.4) is 0 Å². The molecule has 0 heterocycles. The normalized spacial score (nSPS) is 12.8. The van der Waals surface area contributed by atoms with Crippen molar-refractivity contribution in [3.8, 4) is 0 Å². The molecule has 8 heavy (non-hydrogen) atoms. The zero-order valence-corrected chi connectivity index (χ0v) is 5.35. The third-order valence-corrected chi connectivity index (χ3v) is 0.893. The number of rotatable bonds is 4. The van der Waals surface area contributed by atoms with Crippen molar-refractivity contribution in [3.63, 3.8) is 0 Å². The zero-order valence-electron chi connectivity index (χ0n) is 5.35. The lowest BCUT2D eigenvalue weighted by atomic mass is 10.4. The predicted molar refractivity (Wildman–Crippen MR) is 34.0 cm³/mol. The molecular formula is C5H12N2O. The smallest absolute Gasteiger partial charge is 0.0732 e. The number of hydrogen-bond acceptors (Lipinski definition) is 3. The molecule has 1 atom stereocenters. The fourth-order valence-electron chi connectivity index (χ4n) is 0.276. The summed E-state index contributed by atoms with van der Waals surface area (Å²) in [5.74, 6) is 0. The van der Waals surface area contributed by atoms with E-state index in [9.17, 15) is 0 Å². The van der Waals surface area contributed by atoms with Crippen molar-refractivity contribution in [2.75, 3.05) is 13.7 Å². The molecule has 0 rings (SSSR count). The van der Waals surface area contributed by atoms with Gasteiger partial charge in [-0.3, -0.25) is 0 Å². The molecule has 0 saturated carbocycles. The van der Waals surface area contributed by atoms with Crippen LogP contribution in [0, 0.1) is 0 Å². The SMILES string of the molecule is C=NNCC(C)OC. The largest absolute Gasteiger partial charge is 0.380 e. The van der Waals surface area contributed by atoms with E-state index in [1.807, 2.05) is 6.92 Å². The first-order valence-corrected chi connectivity index (χ1v) is 2.52. The van der Waals surface area contributed by atoms with E-state index in [0.717, 1.165) is 6.54 Å². The van der Waals surface area contributed by atoms with E-state index in [1.54, 1.807) is 7.11 Å². The average Bonchev–Trinajstić information content (AvgIpc) is 1.83. The lowest BCUT2D eigenvalue weighted by molar-refractivity contribution is 0.118. The van der Waals surface area contributed by atoms with Crippen molar-refractivity contribution in [3.05, 3.63) is 0 Å². The molecule has 0 aromatic heterocycles. The van der Waals surface area contributed by atoms with Gasteiger partial charge in [0.15, 0.2) is 0 Å². The van der Waals surface area contributed by atoms with Crippen LogP contribution in [0.2, 0.25) is 0 Å². The van der Waals surface area contributed by atoms with E-state index in [-0.39, 0.29) is 6.10 Å². The van der Waals surface area contributed by atoms with Crippen molar-refractivity contribution in [1.82, 2.24) is 5.43 Å². The van der Waals surface area contributed by atoms with Gasteiger partial charge in [0.05, 0.1) is 12.6 Å². The second kappa shape index (κ2) is 4.59. The predicted octanol–water partition coefficient (Wildman–Crippen LogP) is 0.226. The molecule has 0 aliphatic carbocycles. The summed E-state index contributed by atoms with van der Waals surface area (Å²) < 4.78 is 4.90. The summed E-state index contributed by atoms with van der Waals surface area (Å²) in [6.07, 6.45) is 0.209. The Balaban J connectivity index is 2.97. The van der Waals surface area contributed by atoms with Crippen LogP contribution >= 0.6 is 0 Å². The lowest BCUT2D eigenvalue weighted by Crippen LogP contribution is -2.21. The highest BCUT2D eigenvalue weighted by Gasteiger charge is 1.93. The standard InChI is InChI=1S/C5H12N2O/c1-5(8-3)4-7-6-2/h5,7H,2,4H2,1,3H3. The van der Waals surface area contributed by atoms with Gasteiger partial charge in [0.1, 0.15) is 0 Å². The van der Waals surface area contributed by atoms with Crippen LogP contribution in [-0.4, -0.2) is 26.5 Å². The molecule has 0 aromatic carbocycles. The highest BCUT2D eigenvalue weighted by atomic mass is 16.5. The molecule has 0 aromatic rings. The van der Waals surface area contributed by atoms with Crippen molar-refractivity contribution in [2.24, 2.45) is 5.10 Å². The molecule has 3 heteroatoms. The molecule has 0 saturated heterocycles. The number of nitrogens with zero attached hydrogens (tertiary/aromatic N) is 1. The fourth-order valence-corrected chi connectivity index (χ4v) is 0.276. The monoisotopic (exact) mass is 116 g/mol. The Labute approximate surface area is 49.7 Å². The minimum Gasteiger partial charge on any atom is -0.380 e. The summed E-state index contributed by atoms with van der Waals surface area (Å²) in [5, 5.41) is 3.44. The molecule has 0 aliphatic rings. The van der Waals surface area contributed by atoms with Gasteiger partial charge in [0, 0.05) is 13.8 Å². The molecule has 0 fully saturated rings. The number of nitrogens with one attached hydrogen (secondary N) is 1. The Morgan fingerprint density at radius 3 is 2.88 bits per heavy atom. The van der Waals surface area contributed by atoms with Gasteiger partial charge in [0.25, 0.3) is 0 Å². The molecule has 1 N–H and O–H groups in total. The minimum absolute atomic E-state index is 0.209. The van der Waals surface area contributed by atoms with Crippen LogP contribution in [0.25, 0.3) is 0 Å². The average molecular weight is 116 g/mol. The second-order valence-corrected chi connectivity index (χ2v) is 1.57. The van der Waals surface area contributed by atoms with E-state index >= 15 is 0 Å². The first-order chi connectivity index (χ1) is 3.81. The second-order valence-electron chi connectivity index (χ2n) is 1.57. The Kier molecular flexibility index (Phi) is 4.26. The maximum Gasteiger partial charge on any atom is 0.0732 e. The quantitative estimate of drug-likeness (QED) is 0.421. The summed E-state index contributed by atoms with van der Waals surface area (Å²) >= 11 is 0. The minimum atomic E-state index is 0.209. The van der Waals surface area contributed by atoms with Crippen molar-refractivity contribution >= 4 is 6.72 Å². The van der Waals surface area contributed by atoms with Gasteiger partial charge >= 0.3 is 0 Å². The Morgan fingerprint density at radius 1 is 1.88 bits per heavy atom. The third-order valence-electron chi connectivity index (χ3n) is 0.893. The lowest BCUT2D eigenvalue weighted by Gasteiger charge is -2.06. The summed E-state index contributed by atoms with van der Waals surface area (Å²) in [6, 6.07) is 0. The Bertz CT molecular complexity index is 65.4. The highest BCUT2D eigenvalue weighted by molar-refractivity contribution is 5.22. The van der Waals surface area contributed by atoms with Crippen LogP contribution in [0.15, 0.2) is 5.10 Å². The van der Waals surface area contributed by atoms with E-state index < -0.39 is 0 Å². The molecule has 48 valence electrons. The highest BCUT2D eigenvalue weighted by Crippen LogP contribution is 1.81. The molecule has 0 spiro atoms. The Morgan fingerprint density at radius 2 is 2.50 bits per heavy atom. The molecule has 0 aliphatic heterocycles. The van der Waals surface area contributed by atoms with Crippen LogP contribution in [0.5, 0.6) is 0 Å². The van der Waals surface area contributed by atoms with Crippen LogP contribution in [-0.2, 0) is 4.74 Å². The first-order valence-electron chi connectivity index (χ1n) is 2.52. The number of hydrazone groups is 1. The summed E-state index contributed by atoms with van der Waals surface area (Å²) in [7, 11) is 1.66. The summed E-state index contributed by atoms with van der Waals surface area (Å²) in [4.78, 5) is 0.